The second-order valence-electron chi connectivity index (χ2n) is 9.30. The summed E-state index contributed by atoms with van der Waals surface area (Å²) in [5.41, 5.74) is 2.03. The lowest BCUT2D eigenvalue weighted by molar-refractivity contribution is -0.134. The molecule has 3 amide bonds. The molecule has 36 heavy (non-hydrogen) atoms. The van der Waals surface area contributed by atoms with Crippen molar-refractivity contribution in [2.75, 3.05) is 18.4 Å². The summed E-state index contributed by atoms with van der Waals surface area (Å²) < 4.78 is 47.0. The molecule has 7 nitrogen and oxygen atoms in total. The van der Waals surface area contributed by atoms with E-state index >= 15 is 0 Å². The molecule has 2 aliphatic heterocycles. The number of carbonyl (C=O) groups is 3. The minimum atomic E-state index is -2.67. The number of piperidine rings is 2. The van der Waals surface area contributed by atoms with Crippen molar-refractivity contribution in [3.63, 3.8) is 0 Å². The highest BCUT2D eigenvalue weighted by atomic mass is 19.3. The van der Waals surface area contributed by atoms with Crippen LogP contribution in [0.3, 0.4) is 0 Å². The first-order valence-electron chi connectivity index (χ1n) is 11.7. The number of nitrogens with zero attached hydrogens (tertiary/aromatic N) is 1. The van der Waals surface area contributed by atoms with Gasteiger partial charge in [-0.2, -0.15) is 0 Å². The number of hydrogen-bond donors (Lipinski definition) is 2. The number of fused-ring (bicyclic) bond motifs is 1. The molecular formula is C26H24F3N3O4. The Labute approximate surface area is 204 Å². The molecule has 2 N–H and O–H groups in total. The summed E-state index contributed by atoms with van der Waals surface area (Å²) in [5.74, 6) is -5.01. The second kappa shape index (κ2) is 9.42. The molecule has 2 fully saturated rings. The minimum absolute atomic E-state index is 0.110. The molecule has 2 aliphatic rings. The van der Waals surface area contributed by atoms with Crippen LogP contribution in [0.15, 0.2) is 47.1 Å². The van der Waals surface area contributed by atoms with Crippen LogP contribution >= 0.6 is 0 Å². The van der Waals surface area contributed by atoms with E-state index in [1.165, 1.54) is 18.4 Å². The topological polar surface area (TPSA) is 91.7 Å². The van der Waals surface area contributed by atoms with E-state index in [0.717, 1.165) is 6.07 Å². The van der Waals surface area contributed by atoms with Gasteiger partial charge in [-0.25, -0.2) is 13.2 Å². The van der Waals surface area contributed by atoms with Gasteiger partial charge in [-0.1, -0.05) is 6.07 Å². The Morgan fingerprint density at radius 2 is 1.92 bits per heavy atom. The Kier molecular flexibility index (Phi) is 6.29. The Morgan fingerprint density at radius 3 is 2.64 bits per heavy atom. The molecule has 188 valence electrons. The van der Waals surface area contributed by atoms with Crippen molar-refractivity contribution in [3.05, 3.63) is 65.2 Å². The van der Waals surface area contributed by atoms with E-state index < -0.39 is 29.5 Å². The van der Waals surface area contributed by atoms with Crippen molar-refractivity contribution in [2.45, 2.75) is 44.1 Å². The molecule has 2 saturated heterocycles. The lowest BCUT2D eigenvalue weighted by Gasteiger charge is -2.31. The van der Waals surface area contributed by atoms with Crippen LogP contribution in [0, 0.1) is 5.82 Å². The van der Waals surface area contributed by atoms with E-state index in [4.69, 9.17) is 4.42 Å². The van der Waals surface area contributed by atoms with Gasteiger partial charge < -0.3 is 9.73 Å². The second-order valence-corrected chi connectivity index (χ2v) is 9.30. The third-order valence-electron chi connectivity index (χ3n) is 6.77. The van der Waals surface area contributed by atoms with E-state index in [2.05, 4.69) is 10.6 Å². The molecular weight excluding hydrogens is 475 g/mol. The summed E-state index contributed by atoms with van der Waals surface area (Å²) >= 11 is 0. The van der Waals surface area contributed by atoms with Gasteiger partial charge in [0.2, 0.25) is 11.8 Å². The van der Waals surface area contributed by atoms with Gasteiger partial charge in [-0.05, 0) is 36.8 Å². The Bertz CT molecular complexity index is 1340. The zero-order valence-corrected chi connectivity index (χ0v) is 19.3. The fraction of sp³-hybridized carbons (Fsp3) is 0.346. The first kappa shape index (κ1) is 24.1. The number of nitrogens with one attached hydrogen (secondary N) is 2. The molecule has 1 aromatic heterocycles. The van der Waals surface area contributed by atoms with Gasteiger partial charge in [0, 0.05) is 66.7 Å². The zero-order chi connectivity index (χ0) is 25.4. The zero-order valence-electron chi connectivity index (χ0n) is 19.3. The highest BCUT2D eigenvalue weighted by Gasteiger charge is 2.34. The highest BCUT2D eigenvalue weighted by Crippen LogP contribution is 2.34. The maximum absolute atomic E-state index is 14.7. The number of anilines is 1. The molecule has 0 radical (unpaired) electrons. The molecule has 0 aliphatic carbocycles. The average molecular weight is 499 g/mol. The van der Waals surface area contributed by atoms with Gasteiger partial charge in [-0.3, -0.25) is 24.6 Å². The van der Waals surface area contributed by atoms with Gasteiger partial charge >= 0.3 is 0 Å². The van der Waals surface area contributed by atoms with Crippen LogP contribution in [-0.2, 0) is 16.1 Å². The van der Waals surface area contributed by atoms with E-state index in [1.807, 2.05) is 0 Å². The fourth-order valence-corrected chi connectivity index (χ4v) is 4.69. The van der Waals surface area contributed by atoms with Gasteiger partial charge in [0.25, 0.3) is 11.8 Å². The molecule has 3 aromatic rings. The lowest BCUT2D eigenvalue weighted by Crippen LogP contribution is -2.39. The van der Waals surface area contributed by atoms with Crippen LogP contribution < -0.4 is 10.6 Å². The predicted octanol–water partition coefficient (Wildman–Crippen LogP) is 4.58. The number of halogens is 3. The highest BCUT2D eigenvalue weighted by molar-refractivity contribution is 6.06. The quantitative estimate of drug-likeness (QED) is 0.502. The van der Waals surface area contributed by atoms with Crippen LogP contribution in [0.4, 0.5) is 18.9 Å². The van der Waals surface area contributed by atoms with E-state index in [1.54, 1.807) is 23.1 Å². The number of likely N-dealkylation sites (tertiary alicyclic amines) is 1. The Balaban J connectivity index is 1.29. The molecule has 2 aromatic carbocycles. The monoisotopic (exact) mass is 499 g/mol. The van der Waals surface area contributed by atoms with Crippen LogP contribution in [0.1, 0.15) is 53.1 Å². The molecule has 1 unspecified atom stereocenters. The molecule has 0 saturated carbocycles. The minimum Gasteiger partial charge on any atom is -0.464 e. The van der Waals surface area contributed by atoms with E-state index in [9.17, 15) is 27.6 Å². The number of hydrogen-bond acceptors (Lipinski definition) is 5. The summed E-state index contributed by atoms with van der Waals surface area (Å²) in [6, 6.07) is 9.09. The first-order chi connectivity index (χ1) is 17.2. The number of furan rings is 1. The molecule has 0 spiro atoms. The smallest absolute Gasteiger partial charge is 0.255 e. The number of amides is 3. The molecule has 1 atom stereocenters. The van der Waals surface area contributed by atoms with Crippen molar-refractivity contribution in [2.24, 2.45) is 0 Å². The third kappa shape index (κ3) is 4.99. The van der Waals surface area contributed by atoms with Crippen LogP contribution in [0.5, 0.6) is 0 Å². The molecule has 5 rings (SSSR count). The Morgan fingerprint density at radius 1 is 1.14 bits per heavy atom. The predicted molar refractivity (Wildman–Crippen MR) is 125 cm³/mol. The van der Waals surface area contributed by atoms with Crippen molar-refractivity contribution in [1.29, 1.82) is 0 Å². The fourth-order valence-electron chi connectivity index (χ4n) is 4.69. The summed E-state index contributed by atoms with van der Waals surface area (Å²) in [7, 11) is 0. The number of alkyl halides is 2. The number of carbonyl (C=O) groups excluding carboxylic acids is 3. The molecule has 10 heteroatoms. The summed E-state index contributed by atoms with van der Waals surface area (Å²) in [5, 5.41) is 5.69. The van der Waals surface area contributed by atoms with Gasteiger partial charge in [0.1, 0.15) is 11.4 Å². The molecule has 0 bridgehead atoms. The maximum Gasteiger partial charge on any atom is 0.255 e. The summed E-state index contributed by atoms with van der Waals surface area (Å²) in [6.07, 6.45) is 1.57. The largest absolute Gasteiger partial charge is 0.464 e. The van der Waals surface area contributed by atoms with Crippen molar-refractivity contribution in [3.8, 4) is 0 Å². The summed E-state index contributed by atoms with van der Waals surface area (Å²) in [4.78, 5) is 38.3. The van der Waals surface area contributed by atoms with Crippen LogP contribution in [-0.4, -0.2) is 41.6 Å². The standard InChI is InChI=1S/C26H24F3N3O4/c27-21-11-15(1-2-16(21)13-32-9-7-26(28,29)8-10-32)24(34)30-17-3-5-22-19(12-17)20(14-36-22)18-4-6-23(33)31-25(18)35/h1-3,5,11-12,14,18H,4,6-10,13H2,(H,30,34)(H,31,33,35). The Hall–Kier alpha value is -3.66. The van der Waals surface area contributed by atoms with Crippen molar-refractivity contribution < 1.29 is 32.0 Å². The van der Waals surface area contributed by atoms with E-state index in [0.29, 0.717) is 34.2 Å². The van der Waals surface area contributed by atoms with Gasteiger partial charge in [-0.15, -0.1) is 0 Å². The normalized spacial score (nSPS) is 20.4. The van der Waals surface area contributed by atoms with Gasteiger partial charge in [0.15, 0.2) is 0 Å². The van der Waals surface area contributed by atoms with Gasteiger partial charge in [0.05, 0.1) is 12.2 Å². The van der Waals surface area contributed by atoms with Crippen LogP contribution in [0.25, 0.3) is 11.0 Å². The van der Waals surface area contributed by atoms with Crippen molar-refractivity contribution in [1.82, 2.24) is 10.2 Å². The number of benzene rings is 2. The molecule has 3 heterocycles. The van der Waals surface area contributed by atoms with E-state index in [-0.39, 0.29) is 50.4 Å². The van der Waals surface area contributed by atoms with Crippen molar-refractivity contribution >= 4 is 34.4 Å². The summed E-state index contributed by atoms with van der Waals surface area (Å²) in [6.45, 7) is 0.571. The number of rotatable bonds is 5. The third-order valence-corrected chi connectivity index (χ3v) is 6.77. The first-order valence-corrected chi connectivity index (χ1v) is 11.7. The lowest BCUT2D eigenvalue weighted by atomic mass is 9.90. The number of imide groups is 1. The SMILES string of the molecule is O=C1CCC(c2coc3ccc(NC(=O)c4ccc(CN5CCC(F)(F)CC5)c(F)c4)cc23)C(=O)N1. The maximum atomic E-state index is 14.7. The van der Waals surface area contributed by atoms with Crippen LogP contribution in [0.2, 0.25) is 0 Å². The average Bonchev–Trinajstić information content (AvgIpc) is 3.24.